The zero-order valence-corrected chi connectivity index (χ0v) is 12.6. The number of hydrogen-bond acceptors (Lipinski definition) is 1. The lowest BCUT2D eigenvalue weighted by Crippen LogP contribution is -2.11. The summed E-state index contributed by atoms with van der Waals surface area (Å²) in [5.74, 6) is 0. The molecule has 88 valence electrons. The molecule has 0 aliphatic carbocycles. The fourth-order valence-electron chi connectivity index (χ4n) is 1.81. The van der Waals surface area contributed by atoms with Gasteiger partial charge in [-0.25, -0.2) is 0 Å². The molecule has 1 aromatic heterocycles. The van der Waals surface area contributed by atoms with Crippen LogP contribution in [-0.4, -0.2) is 4.98 Å². The van der Waals surface area contributed by atoms with E-state index in [1.807, 2.05) is 38.1 Å². The quantitative estimate of drug-likeness (QED) is 0.816. The summed E-state index contributed by atoms with van der Waals surface area (Å²) in [7, 11) is 0. The molecule has 2 aromatic rings. The molecular weight excluding hydrogens is 346 g/mol. The van der Waals surface area contributed by atoms with Gasteiger partial charge in [-0.2, -0.15) is 0 Å². The van der Waals surface area contributed by atoms with Crippen molar-refractivity contribution < 1.29 is 0 Å². The second-order valence-electron chi connectivity index (χ2n) is 3.90. The number of halogens is 2. The number of benzene rings is 1. The average molecular weight is 357 g/mol. The van der Waals surface area contributed by atoms with Gasteiger partial charge in [-0.3, -0.25) is 4.79 Å². The molecule has 0 bridgehead atoms. The fraction of sp³-hybridized carbons (Fsp3) is 0.154. The Balaban J connectivity index is 2.72. The Morgan fingerprint density at radius 1 is 1.00 bits per heavy atom. The van der Waals surface area contributed by atoms with Gasteiger partial charge in [0.05, 0.1) is 4.47 Å². The van der Waals surface area contributed by atoms with Gasteiger partial charge in [-0.1, -0.05) is 28.1 Å². The first-order valence-corrected chi connectivity index (χ1v) is 6.74. The Kier molecular flexibility index (Phi) is 3.54. The van der Waals surface area contributed by atoms with Crippen molar-refractivity contribution in [2.75, 3.05) is 0 Å². The molecule has 0 fully saturated rings. The Hall–Kier alpha value is -0.870. The van der Waals surface area contributed by atoms with Crippen LogP contribution in [0.2, 0.25) is 0 Å². The maximum Gasteiger partial charge on any atom is 0.204 e. The molecule has 1 N–H and O–H groups in total. The van der Waals surface area contributed by atoms with Gasteiger partial charge >= 0.3 is 0 Å². The molecule has 0 unspecified atom stereocenters. The number of aromatic amines is 1. The van der Waals surface area contributed by atoms with E-state index in [1.54, 1.807) is 0 Å². The molecule has 0 amide bonds. The Bertz CT molecular complexity index is 615. The monoisotopic (exact) mass is 355 g/mol. The summed E-state index contributed by atoms with van der Waals surface area (Å²) in [6.45, 7) is 3.79. The van der Waals surface area contributed by atoms with Crippen molar-refractivity contribution >= 4 is 31.9 Å². The van der Waals surface area contributed by atoms with E-state index in [1.165, 1.54) is 0 Å². The largest absolute Gasteiger partial charge is 0.361 e. The molecule has 0 aliphatic rings. The molecule has 2 nitrogen and oxygen atoms in total. The van der Waals surface area contributed by atoms with E-state index >= 15 is 0 Å². The molecule has 0 spiro atoms. The van der Waals surface area contributed by atoms with Gasteiger partial charge in [0, 0.05) is 21.4 Å². The first-order chi connectivity index (χ1) is 8.00. The van der Waals surface area contributed by atoms with E-state index in [4.69, 9.17) is 0 Å². The number of aromatic nitrogens is 1. The molecular formula is C13H11Br2NO. The van der Waals surface area contributed by atoms with Crippen molar-refractivity contribution in [1.82, 2.24) is 4.98 Å². The topological polar surface area (TPSA) is 32.9 Å². The highest BCUT2D eigenvalue weighted by Gasteiger charge is 2.12. The summed E-state index contributed by atoms with van der Waals surface area (Å²) in [5, 5.41) is 0. The smallest absolute Gasteiger partial charge is 0.204 e. The van der Waals surface area contributed by atoms with E-state index in [2.05, 4.69) is 36.8 Å². The van der Waals surface area contributed by atoms with E-state index in [0.717, 1.165) is 27.0 Å². The Morgan fingerprint density at radius 3 is 2.18 bits per heavy atom. The van der Waals surface area contributed by atoms with Crippen molar-refractivity contribution in [3.63, 3.8) is 0 Å². The molecule has 1 aromatic carbocycles. The molecule has 0 atom stereocenters. The normalized spacial score (nSPS) is 10.6. The van der Waals surface area contributed by atoms with Crippen LogP contribution in [0.15, 0.2) is 38.0 Å². The predicted octanol–water partition coefficient (Wildman–Crippen LogP) is 4.18. The van der Waals surface area contributed by atoms with Crippen LogP contribution < -0.4 is 5.43 Å². The van der Waals surface area contributed by atoms with Gasteiger partial charge in [0.1, 0.15) is 0 Å². The van der Waals surface area contributed by atoms with Crippen molar-refractivity contribution in [2.24, 2.45) is 0 Å². The van der Waals surface area contributed by atoms with Gasteiger partial charge in [-0.15, -0.1) is 0 Å². The number of H-pyrrole nitrogens is 1. The second kappa shape index (κ2) is 4.78. The van der Waals surface area contributed by atoms with Crippen molar-refractivity contribution in [1.29, 1.82) is 0 Å². The number of nitrogens with one attached hydrogen (secondary N) is 1. The van der Waals surface area contributed by atoms with Crippen LogP contribution >= 0.6 is 31.9 Å². The van der Waals surface area contributed by atoms with Gasteiger partial charge in [0.2, 0.25) is 5.43 Å². The zero-order chi connectivity index (χ0) is 12.6. The van der Waals surface area contributed by atoms with Gasteiger partial charge in [0.15, 0.2) is 0 Å². The number of pyridine rings is 1. The van der Waals surface area contributed by atoms with E-state index in [0.29, 0.717) is 4.47 Å². The highest BCUT2D eigenvalue weighted by molar-refractivity contribution is 9.10. The number of rotatable bonds is 1. The minimum Gasteiger partial charge on any atom is -0.361 e. The first kappa shape index (κ1) is 12.6. The van der Waals surface area contributed by atoms with Crippen LogP contribution in [0.25, 0.3) is 11.1 Å². The van der Waals surface area contributed by atoms with Crippen LogP contribution in [0.1, 0.15) is 11.4 Å². The number of aryl methyl sites for hydroxylation is 2. The summed E-state index contributed by atoms with van der Waals surface area (Å²) in [6.07, 6.45) is 0. The third-order valence-corrected chi connectivity index (χ3v) is 4.12. The third-order valence-electron chi connectivity index (χ3n) is 2.64. The maximum absolute atomic E-state index is 12.2. The lowest BCUT2D eigenvalue weighted by Gasteiger charge is -2.08. The highest BCUT2D eigenvalue weighted by atomic mass is 79.9. The van der Waals surface area contributed by atoms with Crippen LogP contribution in [0.5, 0.6) is 0 Å². The lowest BCUT2D eigenvalue weighted by molar-refractivity contribution is 1.10. The van der Waals surface area contributed by atoms with Crippen molar-refractivity contribution in [3.05, 3.63) is 54.8 Å². The summed E-state index contributed by atoms with van der Waals surface area (Å²) in [4.78, 5) is 15.4. The molecule has 2 rings (SSSR count). The fourth-order valence-corrected chi connectivity index (χ4v) is 2.37. The maximum atomic E-state index is 12.2. The summed E-state index contributed by atoms with van der Waals surface area (Å²) < 4.78 is 1.60. The molecule has 0 saturated carbocycles. The van der Waals surface area contributed by atoms with Crippen molar-refractivity contribution in [3.8, 4) is 11.1 Å². The Labute approximate surface area is 116 Å². The highest BCUT2D eigenvalue weighted by Crippen LogP contribution is 2.23. The SMILES string of the molecule is Cc1[nH]c(C)c(-c2ccc(Br)cc2)c(=O)c1Br. The minimum absolute atomic E-state index is 0.0288. The van der Waals surface area contributed by atoms with Crippen LogP contribution in [0, 0.1) is 13.8 Å². The van der Waals surface area contributed by atoms with Crippen LogP contribution in [-0.2, 0) is 0 Å². The van der Waals surface area contributed by atoms with Crippen LogP contribution in [0.3, 0.4) is 0 Å². The molecule has 0 aliphatic heterocycles. The third kappa shape index (κ3) is 2.38. The standard InChI is InChI=1S/C13H11Br2NO/c1-7-11(9-3-5-10(14)6-4-9)13(17)12(15)8(2)16-7/h3-6H,1-2H3,(H,16,17). The lowest BCUT2D eigenvalue weighted by atomic mass is 10.0. The first-order valence-electron chi connectivity index (χ1n) is 5.15. The molecule has 0 saturated heterocycles. The zero-order valence-electron chi connectivity index (χ0n) is 9.47. The van der Waals surface area contributed by atoms with Crippen molar-refractivity contribution in [2.45, 2.75) is 13.8 Å². The van der Waals surface area contributed by atoms with E-state index in [9.17, 15) is 4.79 Å². The van der Waals surface area contributed by atoms with E-state index in [-0.39, 0.29) is 5.43 Å². The molecule has 0 radical (unpaired) electrons. The molecule has 17 heavy (non-hydrogen) atoms. The predicted molar refractivity (Wildman–Crippen MR) is 77.4 cm³/mol. The summed E-state index contributed by atoms with van der Waals surface area (Å²) >= 11 is 6.71. The summed E-state index contributed by atoms with van der Waals surface area (Å²) in [5.41, 5.74) is 3.41. The Morgan fingerprint density at radius 2 is 1.59 bits per heavy atom. The van der Waals surface area contributed by atoms with Gasteiger partial charge in [-0.05, 0) is 47.5 Å². The number of hydrogen-bond donors (Lipinski definition) is 1. The van der Waals surface area contributed by atoms with Crippen LogP contribution in [0.4, 0.5) is 0 Å². The average Bonchev–Trinajstić information content (AvgIpc) is 2.29. The van der Waals surface area contributed by atoms with E-state index < -0.39 is 0 Å². The minimum atomic E-state index is 0.0288. The van der Waals surface area contributed by atoms with Gasteiger partial charge < -0.3 is 4.98 Å². The molecule has 1 heterocycles. The summed E-state index contributed by atoms with van der Waals surface area (Å²) in [6, 6.07) is 7.73. The van der Waals surface area contributed by atoms with Gasteiger partial charge in [0.25, 0.3) is 0 Å². The molecule has 4 heteroatoms. The second-order valence-corrected chi connectivity index (χ2v) is 5.61.